The quantitative estimate of drug-likeness (QED) is 0.621. The molecule has 2 atom stereocenters. The molecular formula is C10H22N2. The zero-order valence-electron chi connectivity index (χ0n) is 8.34. The molecular weight excluding hydrogens is 148 g/mol. The molecule has 72 valence electrons. The summed E-state index contributed by atoms with van der Waals surface area (Å²) >= 11 is 0. The van der Waals surface area contributed by atoms with Gasteiger partial charge in [-0.2, -0.15) is 0 Å². The van der Waals surface area contributed by atoms with Gasteiger partial charge in [0.1, 0.15) is 0 Å². The van der Waals surface area contributed by atoms with Crippen molar-refractivity contribution in [2.45, 2.75) is 51.6 Å². The Morgan fingerprint density at radius 1 is 1.17 bits per heavy atom. The molecule has 0 aromatic rings. The summed E-state index contributed by atoms with van der Waals surface area (Å²) < 4.78 is 0. The predicted octanol–water partition coefficient (Wildman–Crippen LogP) is 1.84. The van der Waals surface area contributed by atoms with E-state index in [1.54, 1.807) is 0 Å². The Labute approximate surface area is 75.7 Å². The highest BCUT2D eigenvalue weighted by Gasteiger charge is 2.35. The third kappa shape index (κ3) is 1.99. The summed E-state index contributed by atoms with van der Waals surface area (Å²) in [5.41, 5.74) is 11.8. The van der Waals surface area contributed by atoms with E-state index in [9.17, 15) is 0 Å². The molecule has 0 aliphatic heterocycles. The van der Waals surface area contributed by atoms with Crippen LogP contribution < -0.4 is 11.5 Å². The highest BCUT2D eigenvalue weighted by molar-refractivity contribution is 4.91. The van der Waals surface area contributed by atoms with Gasteiger partial charge >= 0.3 is 0 Å². The molecule has 1 fully saturated rings. The normalized spacial score (nSPS) is 35.0. The highest BCUT2D eigenvalue weighted by Crippen LogP contribution is 2.35. The van der Waals surface area contributed by atoms with E-state index in [0.29, 0.717) is 5.92 Å². The highest BCUT2D eigenvalue weighted by atomic mass is 15.0. The fraction of sp³-hybridized carbons (Fsp3) is 1.00. The third-order valence-electron chi connectivity index (χ3n) is 3.40. The van der Waals surface area contributed by atoms with Gasteiger partial charge in [-0.1, -0.05) is 26.7 Å². The molecule has 1 rings (SSSR count). The Kier molecular flexibility index (Phi) is 3.13. The van der Waals surface area contributed by atoms with E-state index in [1.165, 1.54) is 19.3 Å². The van der Waals surface area contributed by atoms with Crippen molar-refractivity contribution in [2.24, 2.45) is 23.3 Å². The van der Waals surface area contributed by atoms with E-state index < -0.39 is 0 Å². The van der Waals surface area contributed by atoms with Gasteiger partial charge < -0.3 is 11.5 Å². The van der Waals surface area contributed by atoms with Crippen molar-refractivity contribution in [2.75, 3.05) is 0 Å². The van der Waals surface area contributed by atoms with E-state index in [4.69, 9.17) is 11.5 Å². The van der Waals surface area contributed by atoms with Crippen molar-refractivity contribution >= 4 is 0 Å². The Balaban J connectivity index is 2.54. The SMILES string of the molecule is CCC1CCC(CC)C(N)(N)C1. The molecule has 1 aliphatic carbocycles. The minimum Gasteiger partial charge on any atom is -0.313 e. The molecule has 0 aromatic carbocycles. The Hall–Kier alpha value is -0.0800. The Bertz CT molecular complexity index is 143. The lowest BCUT2D eigenvalue weighted by Crippen LogP contribution is -2.58. The molecule has 0 amide bonds. The largest absolute Gasteiger partial charge is 0.313 e. The maximum Gasteiger partial charge on any atom is 0.0668 e. The Morgan fingerprint density at radius 2 is 1.83 bits per heavy atom. The van der Waals surface area contributed by atoms with Crippen molar-refractivity contribution in [1.29, 1.82) is 0 Å². The first-order valence-electron chi connectivity index (χ1n) is 5.18. The van der Waals surface area contributed by atoms with Crippen LogP contribution in [0.2, 0.25) is 0 Å². The van der Waals surface area contributed by atoms with E-state index in [1.807, 2.05) is 0 Å². The molecule has 2 unspecified atom stereocenters. The monoisotopic (exact) mass is 170 g/mol. The van der Waals surface area contributed by atoms with Crippen LogP contribution in [-0.4, -0.2) is 5.66 Å². The van der Waals surface area contributed by atoms with Crippen LogP contribution in [0.4, 0.5) is 0 Å². The van der Waals surface area contributed by atoms with Crippen LogP contribution in [0.25, 0.3) is 0 Å². The van der Waals surface area contributed by atoms with Crippen molar-refractivity contribution < 1.29 is 0 Å². The number of rotatable bonds is 2. The summed E-state index contributed by atoms with van der Waals surface area (Å²) in [7, 11) is 0. The van der Waals surface area contributed by atoms with E-state index >= 15 is 0 Å². The second-order valence-corrected chi connectivity index (χ2v) is 4.27. The molecule has 0 aromatic heterocycles. The molecule has 0 saturated heterocycles. The average Bonchev–Trinajstić information content (AvgIpc) is 2.02. The van der Waals surface area contributed by atoms with Crippen LogP contribution in [0, 0.1) is 11.8 Å². The van der Waals surface area contributed by atoms with Crippen LogP contribution >= 0.6 is 0 Å². The summed E-state index contributed by atoms with van der Waals surface area (Å²) in [6, 6.07) is 0. The lowest BCUT2D eigenvalue weighted by atomic mass is 9.72. The van der Waals surface area contributed by atoms with Crippen molar-refractivity contribution in [3.63, 3.8) is 0 Å². The maximum absolute atomic E-state index is 6.08. The van der Waals surface area contributed by atoms with Crippen LogP contribution in [0.15, 0.2) is 0 Å². The van der Waals surface area contributed by atoms with Gasteiger partial charge in [-0.15, -0.1) is 0 Å². The first-order valence-corrected chi connectivity index (χ1v) is 5.18. The first kappa shape index (κ1) is 10.0. The zero-order chi connectivity index (χ0) is 9.19. The lowest BCUT2D eigenvalue weighted by molar-refractivity contribution is 0.139. The summed E-state index contributed by atoms with van der Waals surface area (Å²) in [4.78, 5) is 0. The smallest absolute Gasteiger partial charge is 0.0668 e. The molecule has 0 heterocycles. The summed E-state index contributed by atoms with van der Waals surface area (Å²) in [6.45, 7) is 4.42. The second kappa shape index (κ2) is 3.75. The van der Waals surface area contributed by atoms with Crippen LogP contribution in [0.3, 0.4) is 0 Å². The Morgan fingerprint density at radius 3 is 2.25 bits per heavy atom. The van der Waals surface area contributed by atoms with Gasteiger partial charge in [0.05, 0.1) is 5.66 Å². The number of hydrogen-bond donors (Lipinski definition) is 2. The number of hydrogen-bond acceptors (Lipinski definition) is 2. The molecule has 0 radical (unpaired) electrons. The van der Waals surface area contributed by atoms with Crippen LogP contribution in [0.5, 0.6) is 0 Å². The summed E-state index contributed by atoms with van der Waals surface area (Å²) in [5.74, 6) is 1.31. The minimum absolute atomic E-state index is 0.381. The molecule has 1 aliphatic rings. The molecule has 4 N–H and O–H groups in total. The predicted molar refractivity (Wildman–Crippen MR) is 52.5 cm³/mol. The minimum atomic E-state index is -0.381. The summed E-state index contributed by atoms with van der Waals surface area (Å²) in [6.07, 6.45) is 5.92. The third-order valence-corrected chi connectivity index (χ3v) is 3.40. The van der Waals surface area contributed by atoms with Crippen molar-refractivity contribution in [1.82, 2.24) is 0 Å². The number of nitrogens with two attached hydrogens (primary N) is 2. The van der Waals surface area contributed by atoms with Gasteiger partial charge in [0, 0.05) is 0 Å². The van der Waals surface area contributed by atoms with Gasteiger partial charge in [0.25, 0.3) is 0 Å². The van der Waals surface area contributed by atoms with Crippen molar-refractivity contribution in [3.8, 4) is 0 Å². The van der Waals surface area contributed by atoms with E-state index in [0.717, 1.165) is 18.8 Å². The second-order valence-electron chi connectivity index (χ2n) is 4.27. The van der Waals surface area contributed by atoms with Gasteiger partial charge in [-0.05, 0) is 31.1 Å². The summed E-state index contributed by atoms with van der Waals surface area (Å²) in [5, 5.41) is 0. The zero-order valence-corrected chi connectivity index (χ0v) is 8.34. The van der Waals surface area contributed by atoms with Crippen molar-refractivity contribution in [3.05, 3.63) is 0 Å². The standard InChI is InChI=1S/C10H22N2/c1-3-8-5-6-9(4-2)10(11,12)7-8/h8-9H,3-7,11-12H2,1-2H3. The first-order chi connectivity index (χ1) is 5.60. The van der Waals surface area contributed by atoms with Gasteiger partial charge in [0.2, 0.25) is 0 Å². The molecule has 0 bridgehead atoms. The van der Waals surface area contributed by atoms with E-state index in [-0.39, 0.29) is 5.66 Å². The van der Waals surface area contributed by atoms with Crippen LogP contribution in [-0.2, 0) is 0 Å². The van der Waals surface area contributed by atoms with E-state index in [2.05, 4.69) is 13.8 Å². The average molecular weight is 170 g/mol. The van der Waals surface area contributed by atoms with Crippen LogP contribution in [0.1, 0.15) is 46.0 Å². The molecule has 2 heteroatoms. The molecule has 0 spiro atoms. The van der Waals surface area contributed by atoms with Gasteiger partial charge in [0.15, 0.2) is 0 Å². The topological polar surface area (TPSA) is 52.0 Å². The maximum atomic E-state index is 6.08. The molecule has 2 nitrogen and oxygen atoms in total. The fourth-order valence-corrected chi connectivity index (χ4v) is 2.41. The lowest BCUT2D eigenvalue weighted by Gasteiger charge is -2.41. The van der Waals surface area contributed by atoms with Gasteiger partial charge in [-0.3, -0.25) is 0 Å². The fourth-order valence-electron chi connectivity index (χ4n) is 2.41. The molecule has 12 heavy (non-hydrogen) atoms. The van der Waals surface area contributed by atoms with Gasteiger partial charge in [-0.25, -0.2) is 0 Å². The molecule has 1 saturated carbocycles.